The fourth-order valence-electron chi connectivity index (χ4n) is 6.23. The van der Waals surface area contributed by atoms with E-state index in [1.165, 1.54) is 70.4 Å². The highest BCUT2D eigenvalue weighted by molar-refractivity contribution is 5.89. The summed E-state index contributed by atoms with van der Waals surface area (Å²) in [6.45, 7) is 6.89. The zero-order valence-corrected chi connectivity index (χ0v) is 19.7. The van der Waals surface area contributed by atoms with Gasteiger partial charge in [-0.1, -0.05) is 48.5 Å². The third-order valence-electron chi connectivity index (χ3n) is 8.11. The monoisotopic (exact) mass is 446 g/mol. The number of nitrogens with one attached hydrogen (secondary N) is 2. The summed E-state index contributed by atoms with van der Waals surface area (Å²) in [5.74, 6) is 2.44. The topological polar surface area (TPSA) is 47.6 Å². The molecule has 176 valence electrons. The molecule has 2 N–H and O–H groups in total. The zero-order chi connectivity index (χ0) is 22.5. The molecule has 0 aromatic heterocycles. The molecule has 2 aromatic carbocycles. The Morgan fingerprint density at radius 3 is 2.33 bits per heavy atom. The Balaban J connectivity index is 1.04. The first kappa shape index (κ1) is 22.4. The maximum atomic E-state index is 12.3. The van der Waals surface area contributed by atoms with Crippen molar-refractivity contribution in [3.63, 3.8) is 0 Å². The van der Waals surface area contributed by atoms with E-state index in [1.54, 1.807) is 0 Å². The maximum Gasteiger partial charge on any atom is 0.319 e. The molecule has 4 aliphatic heterocycles. The van der Waals surface area contributed by atoms with Gasteiger partial charge in [-0.2, -0.15) is 0 Å². The Morgan fingerprint density at radius 2 is 1.64 bits per heavy atom. The smallest absolute Gasteiger partial charge is 0.319 e. The summed E-state index contributed by atoms with van der Waals surface area (Å²) in [6.07, 6.45) is 6.45. The molecule has 4 saturated heterocycles. The van der Waals surface area contributed by atoms with Crippen LogP contribution in [0.1, 0.15) is 31.2 Å². The summed E-state index contributed by atoms with van der Waals surface area (Å²) in [7, 11) is 0. The quantitative estimate of drug-likeness (QED) is 0.660. The third-order valence-corrected chi connectivity index (χ3v) is 8.11. The molecule has 4 aliphatic rings. The average molecular weight is 447 g/mol. The van der Waals surface area contributed by atoms with Crippen molar-refractivity contribution in [3.05, 3.63) is 66.2 Å². The molecule has 33 heavy (non-hydrogen) atoms. The second-order valence-electron chi connectivity index (χ2n) is 10.3. The molecule has 4 unspecified atom stereocenters. The number of carbonyl (C=O) groups excluding carboxylic acids is 1. The van der Waals surface area contributed by atoms with Crippen molar-refractivity contribution >= 4 is 11.7 Å². The Labute approximate surface area is 198 Å². The van der Waals surface area contributed by atoms with E-state index in [0.29, 0.717) is 6.04 Å². The third kappa shape index (κ3) is 5.96. The number of amides is 2. The van der Waals surface area contributed by atoms with Crippen molar-refractivity contribution in [1.29, 1.82) is 0 Å². The number of benzene rings is 2. The lowest BCUT2D eigenvalue weighted by atomic mass is 9.75. The lowest BCUT2D eigenvalue weighted by molar-refractivity contribution is -0.0145. The number of fused-ring (bicyclic) bond motifs is 3. The molecular weight excluding hydrogens is 408 g/mol. The molecule has 0 spiro atoms. The molecule has 4 fully saturated rings. The highest BCUT2D eigenvalue weighted by Crippen LogP contribution is 2.37. The normalized spacial score (nSPS) is 27.9. The highest BCUT2D eigenvalue weighted by Gasteiger charge is 2.40. The first-order valence-corrected chi connectivity index (χ1v) is 12.8. The Hall–Kier alpha value is -2.37. The summed E-state index contributed by atoms with van der Waals surface area (Å²) in [4.78, 5) is 17.6. The van der Waals surface area contributed by atoms with Crippen LogP contribution >= 0.6 is 0 Å². The van der Waals surface area contributed by atoms with Crippen LogP contribution in [-0.2, 0) is 6.42 Å². The molecule has 4 heterocycles. The Bertz CT molecular complexity index is 881. The number of carbonyl (C=O) groups is 1. The van der Waals surface area contributed by atoms with E-state index >= 15 is 0 Å². The van der Waals surface area contributed by atoms with Crippen LogP contribution in [0.3, 0.4) is 0 Å². The fraction of sp³-hybridized carbons (Fsp3) is 0.536. The van der Waals surface area contributed by atoms with Crippen molar-refractivity contribution in [2.24, 2.45) is 17.8 Å². The first-order chi connectivity index (χ1) is 16.2. The van der Waals surface area contributed by atoms with Gasteiger partial charge in [0.2, 0.25) is 0 Å². The minimum atomic E-state index is -0.0984. The van der Waals surface area contributed by atoms with Gasteiger partial charge >= 0.3 is 6.03 Å². The van der Waals surface area contributed by atoms with Crippen LogP contribution in [0.25, 0.3) is 0 Å². The fourth-order valence-corrected chi connectivity index (χ4v) is 6.23. The number of urea groups is 1. The number of nitrogens with zero attached hydrogens (tertiary/aromatic N) is 2. The molecule has 2 amide bonds. The largest absolute Gasteiger partial charge is 0.336 e. The van der Waals surface area contributed by atoms with Crippen LogP contribution in [0.15, 0.2) is 60.7 Å². The van der Waals surface area contributed by atoms with Gasteiger partial charge in [-0.05, 0) is 87.2 Å². The van der Waals surface area contributed by atoms with Crippen molar-refractivity contribution in [2.45, 2.75) is 38.1 Å². The number of likely N-dealkylation sites (tertiary alicyclic amines) is 1. The number of para-hydroxylation sites is 1. The molecule has 5 nitrogen and oxygen atoms in total. The van der Waals surface area contributed by atoms with Gasteiger partial charge in [0.15, 0.2) is 0 Å². The van der Waals surface area contributed by atoms with E-state index in [1.807, 2.05) is 30.3 Å². The van der Waals surface area contributed by atoms with Crippen LogP contribution in [0.5, 0.6) is 0 Å². The molecule has 2 bridgehead atoms. The minimum Gasteiger partial charge on any atom is -0.336 e. The van der Waals surface area contributed by atoms with E-state index < -0.39 is 0 Å². The number of piperidine rings is 4. The summed E-state index contributed by atoms with van der Waals surface area (Å²) in [5.41, 5.74) is 2.33. The Morgan fingerprint density at radius 1 is 0.909 bits per heavy atom. The molecule has 0 aliphatic carbocycles. The zero-order valence-electron chi connectivity index (χ0n) is 19.7. The number of hydrogen-bond acceptors (Lipinski definition) is 3. The summed E-state index contributed by atoms with van der Waals surface area (Å²) >= 11 is 0. The van der Waals surface area contributed by atoms with Gasteiger partial charge in [0.05, 0.1) is 0 Å². The van der Waals surface area contributed by atoms with Crippen LogP contribution in [0.4, 0.5) is 10.5 Å². The standard InChI is InChI=1S/C28H38N4O/c33-28(30-26-9-5-2-6-10-26)29-19-27-18-24-13-16-32(27)21-25(24)20-31-14-11-23(12-15-31)17-22-7-3-1-4-8-22/h1-10,23-25,27H,11-21H2,(H2,29,30,33). The van der Waals surface area contributed by atoms with E-state index in [4.69, 9.17) is 0 Å². The van der Waals surface area contributed by atoms with Crippen LogP contribution in [-0.4, -0.2) is 61.1 Å². The van der Waals surface area contributed by atoms with E-state index in [9.17, 15) is 4.79 Å². The second kappa shape index (κ2) is 10.7. The number of hydrogen-bond donors (Lipinski definition) is 2. The first-order valence-electron chi connectivity index (χ1n) is 12.8. The van der Waals surface area contributed by atoms with Crippen LogP contribution < -0.4 is 10.6 Å². The van der Waals surface area contributed by atoms with E-state index in [-0.39, 0.29) is 6.03 Å². The highest BCUT2D eigenvalue weighted by atomic mass is 16.2. The Kier molecular flexibility index (Phi) is 7.27. The van der Waals surface area contributed by atoms with Crippen LogP contribution in [0.2, 0.25) is 0 Å². The van der Waals surface area contributed by atoms with E-state index in [0.717, 1.165) is 30.0 Å². The molecule has 5 heteroatoms. The predicted molar refractivity (Wildman–Crippen MR) is 134 cm³/mol. The molecule has 2 aromatic rings. The van der Waals surface area contributed by atoms with Gasteiger partial charge in [0.1, 0.15) is 0 Å². The van der Waals surface area contributed by atoms with Crippen molar-refractivity contribution in [3.8, 4) is 0 Å². The van der Waals surface area contributed by atoms with E-state index in [2.05, 4.69) is 50.8 Å². The van der Waals surface area contributed by atoms with Gasteiger partial charge in [-0.3, -0.25) is 4.90 Å². The number of anilines is 1. The molecule has 0 saturated carbocycles. The maximum absolute atomic E-state index is 12.3. The number of rotatable bonds is 7. The van der Waals surface area contributed by atoms with Crippen molar-refractivity contribution in [1.82, 2.24) is 15.1 Å². The molecule has 0 radical (unpaired) electrons. The second-order valence-corrected chi connectivity index (χ2v) is 10.3. The summed E-state index contributed by atoms with van der Waals surface area (Å²) in [5, 5.41) is 6.04. The van der Waals surface area contributed by atoms with Crippen molar-refractivity contribution in [2.75, 3.05) is 44.6 Å². The van der Waals surface area contributed by atoms with Gasteiger partial charge in [0.25, 0.3) is 0 Å². The van der Waals surface area contributed by atoms with Crippen molar-refractivity contribution < 1.29 is 4.79 Å². The summed E-state index contributed by atoms with van der Waals surface area (Å²) in [6, 6.07) is 21.0. The van der Waals surface area contributed by atoms with Gasteiger partial charge < -0.3 is 15.5 Å². The van der Waals surface area contributed by atoms with Gasteiger partial charge in [-0.15, -0.1) is 0 Å². The molecular formula is C28H38N4O. The van der Waals surface area contributed by atoms with Gasteiger partial charge in [-0.25, -0.2) is 4.79 Å². The lowest BCUT2D eigenvalue weighted by Crippen LogP contribution is -2.59. The predicted octanol–water partition coefficient (Wildman–Crippen LogP) is 4.47. The average Bonchev–Trinajstić information content (AvgIpc) is 2.86. The lowest BCUT2D eigenvalue weighted by Gasteiger charge is -2.51. The molecule has 4 atom stereocenters. The SMILES string of the molecule is O=C(NCC1CC2CCN1CC2CN1CCC(Cc2ccccc2)CC1)Nc1ccccc1. The minimum absolute atomic E-state index is 0.0984. The van der Waals surface area contributed by atoms with Crippen LogP contribution in [0, 0.1) is 17.8 Å². The summed E-state index contributed by atoms with van der Waals surface area (Å²) < 4.78 is 0. The van der Waals surface area contributed by atoms with Gasteiger partial charge in [0, 0.05) is 31.4 Å². The molecule has 6 rings (SSSR count).